The molecule has 1 N–H and O–H groups in total. The average Bonchev–Trinajstić information content (AvgIpc) is 2.85. The van der Waals surface area contributed by atoms with E-state index in [1.165, 1.54) is 55.7 Å². The van der Waals surface area contributed by atoms with Gasteiger partial charge >= 0.3 is 0 Å². The van der Waals surface area contributed by atoms with Crippen LogP contribution in [0.2, 0.25) is 0 Å². The molecule has 0 aromatic carbocycles. The Morgan fingerprint density at radius 2 is 1.71 bits per heavy atom. The summed E-state index contributed by atoms with van der Waals surface area (Å²) in [5.74, 6) is 2.27. The highest BCUT2D eigenvalue weighted by Crippen LogP contribution is 2.33. The third-order valence-corrected chi connectivity index (χ3v) is 4.57. The van der Waals surface area contributed by atoms with Gasteiger partial charge in [-0.15, -0.1) is 0 Å². The first-order valence-corrected chi connectivity index (χ1v) is 8.93. The molecular weight excluding hydrogens is 256 g/mol. The van der Waals surface area contributed by atoms with Crippen molar-refractivity contribution in [1.29, 1.82) is 0 Å². The van der Waals surface area contributed by atoms with Gasteiger partial charge in [-0.05, 0) is 24.7 Å². The van der Waals surface area contributed by atoms with Crippen molar-refractivity contribution in [2.24, 2.45) is 0 Å². The fraction of sp³-hybridized carbons (Fsp3) is 0.842. The first kappa shape index (κ1) is 18.3. The van der Waals surface area contributed by atoms with Crippen molar-refractivity contribution in [2.75, 3.05) is 0 Å². The Morgan fingerprint density at radius 1 is 1.05 bits per heavy atom. The van der Waals surface area contributed by atoms with Crippen LogP contribution in [0.15, 0.2) is 0 Å². The fourth-order valence-electron chi connectivity index (χ4n) is 3.05. The Balaban J connectivity index is 3.00. The molecule has 1 atom stereocenters. The van der Waals surface area contributed by atoms with Crippen molar-refractivity contribution >= 4 is 0 Å². The lowest BCUT2D eigenvalue weighted by Crippen LogP contribution is -2.19. The molecule has 2 nitrogen and oxygen atoms in total. The van der Waals surface area contributed by atoms with Gasteiger partial charge in [0.25, 0.3) is 0 Å². The number of nitrogens with one attached hydrogen (secondary N) is 1. The van der Waals surface area contributed by atoms with Gasteiger partial charge in [0.05, 0.1) is 5.69 Å². The SMILES string of the molecule is CCCCCC(C)(C)c1nc(C(C)C)c(C(C)CCC)[nH]1. The normalized spacial score (nSPS) is 13.9. The van der Waals surface area contributed by atoms with E-state index < -0.39 is 0 Å². The Labute approximate surface area is 132 Å². The molecule has 0 spiro atoms. The minimum atomic E-state index is 0.156. The second kappa shape index (κ2) is 8.00. The summed E-state index contributed by atoms with van der Waals surface area (Å²) >= 11 is 0. The Kier molecular flexibility index (Phi) is 6.96. The first-order valence-electron chi connectivity index (χ1n) is 8.93. The minimum absolute atomic E-state index is 0.156. The van der Waals surface area contributed by atoms with Crippen LogP contribution in [0.3, 0.4) is 0 Å². The van der Waals surface area contributed by atoms with E-state index in [1.54, 1.807) is 0 Å². The Hall–Kier alpha value is -0.790. The lowest BCUT2D eigenvalue weighted by Gasteiger charge is -2.22. The highest BCUT2D eigenvalue weighted by molar-refractivity contribution is 5.24. The molecule has 2 heteroatoms. The van der Waals surface area contributed by atoms with Crippen LogP contribution in [0.4, 0.5) is 0 Å². The number of hydrogen-bond acceptors (Lipinski definition) is 1. The highest BCUT2D eigenvalue weighted by atomic mass is 15.0. The molecule has 0 fully saturated rings. The van der Waals surface area contributed by atoms with Gasteiger partial charge < -0.3 is 4.98 Å². The van der Waals surface area contributed by atoms with Crippen molar-refractivity contribution in [3.8, 4) is 0 Å². The van der Waals surface area contributed by atoms with Crippen molar-refractivity contribution in [3.05, 3.63) is 17.2 Å². The topological polar surface area (TPSA) is 28.7 Å². The molecular formula is C19H36N2. The molecule has 0 aliphatic rings. The minimum Gasteiger partial charge on any atom is -0.345 e. The van der Waals surface area contributed by atoms with Crippen molar-refractivity contribution in [3.63, 3.8) is 0 Å². The van der Waals surface area contributed by atoms with Crippen molar-refractivity contribution in [1.82, 2.24) is 9.97 Å². The maximum Gasteiger partial charge on any atom is 0.112 e. The largest absolute Gasteiger partial charge is 0.345 e. The van der Waals surface area contributed by atoms with E-state index in [2.05, 4.69) is 53.5 Å². The van der Waals surface area contributed by atoms with Gasteiger partial charge in [-0.3, -0.25) is 0 Å². The summed E-state index contributed by atoms with van der Waals surface area (Å²) in [6.07, 6.45) is 7.57. The lowest BCUT2D eigenvalue weighted by atomic mass is 9.86. The van der Waals surface area contributed by atoms with E-state index in [-0.39, 0.29) is 5.41 Å². The van der Waals surface area contributed by atoms with Gasteiger partial charge in [-0.25, -0.2) is 4.98 Å². The van der Waals surface area contributed by atoms with E-state index in [0.29, 0.717) is 11.8 Å². The zero-order valence-electron chi connectivity index (χ0n) is 15.3. The van der Waals surface area contributed by atoms with Gasteiger partial charge in [0, 0.05) is 11.1 Å². The summed E-state index contributed by atoms with van der Waals surface area (Å²) in [4.78, 5) is 8.71. The summed E-state index contributed by atoms with van der Waals surface area (Å²) in [6.45, 7) is 16.0. The number of H-pyrrole nitrogens is 1. The molecule has 21 heavy (non-hydrogen) atoms. The summed E-state index contributed by atoms with van der Waals surface area (Å²) in [7, 11) is 0. The summed E-state index contributed by atoms with van der Waals surface area (Å²) in [6, 6.07) is 0. The van der Waals surface area contributed by atoms with Gasteiger partial charge in [-0.2, -0.15) is 0 Å². The zero-order valence-corrected chi connectivity index (χ0v) is 15.3. The maximum absolute atomic E-state index is 5.01. The maximum atomic E-state index is 5.01. The highest BCUT2D eigenvalue weighted by Gasteiger charge is 2.27. The number of rotatable bonds is 9. The number of unbranched alkanes of at least 4 members (excludes halogenated alkanes) is 2. The van der Waals surface area contributed by atoms with Crippen LogP contribution in [0.25, 0.3) is 0 Å². The molecule has 0 aliphatic carbocycles. The number of aromatic amines is 1. The van der Waals surface area contributed by atoms with E-state index in [9.17, 15) is 0 Å². The molecule has 0 aliphatic heterocycles. The van der Waals surface area contributed by atoms with Crippen LogP contribution >= 0.6 is 0 Å². The molecule has 0 saturated carbocycles. The van der Waals surface area contributed by atoms with Gasteiger partial charge in [0.1, 0.15) is 5.82 Å². The molecule has 1 rings (SSSR count). The second-order valence-corrected chi connectivity index (χ2v) is 7.57. The van der Waals surface area contributed by atoms with Crippen LogP contribution < -0.4 is 0 Å². The smallest absolute Gasteiger partial charge is 0.112 e. The molecule has 1 heterocycles. The number of imidazole rings is 1. The van der Waals surface area contributed by atoms with Crippen molar-refractivity contribution < 1.29 is 0 Å². The number of hydrogen-bond donors (Lipinski definition) is 1. The summed E-state index contributed by atoms with van der Waals surface area (Å²) in [5.41, 5.74) is 2.82. The second-order valence-electron chi connectivity index (χ2n) is 7.57. The molecule has 0 bridgehead atoms. The van der Waals surface area contributed by atoms with Crippen LogP contribution in [0.1, 0.15) is 116 Å². The predicted octanol–water partition coefficient (Wildman–Crippen LogP) is 6.29. The van der Waals surface area contributed by atoms with Crippen LogP contribution in [-0.4, -0.2) is 9.97 Å². The standard InChI is InChI=1S/C19H36N2/c1-8-10-11-13-19(6,7)18-20-16(14(3)4)17(21-18)15(5)12-9-2/h14-15H,8-13H2,1-7H3,(H,20,21). The Bertz CT molecular complexity index is 415. The van der Waals surface area contributed by atoms with E-state index in [4.69, 9.17) is 4.98 Å². The van der Waals surface area contributed by atoms with Gasteiger partial charge in [0.2, 0.25) is 0 Å². The van der Waals surface area contributed by atoms with E-state index in [1.807, 2.05) is 0 Å². The Morgan fingerprint density at radius 3 is 2.24 bits per heavy atom. The van der Waals surface area contributed by atoms with Gasteiger partial charge in [0.15, 0.2) is 0 Å². The average molecular weight is 293 g/mol. The molecule has 122 valence electrons. The zero-order chi connectivity index (χ0) is 16.0. The third kappa shape index (κ3) is 4.86. The quantitative estimate of drug-likeness (QED) is 0.532. The first-order chi connectivity index (χ1) is 9.83. The molecule has 0 radical (unpaired) electrons. The van der Waals surface area contributed by atoms with Crippen LogP contribution in [0, 0.1) is 0 Å². The predicted molar refractivity (Wildman–Crippen MR) is 93.2 cm³/mol. The van der Waals surface area contributed by atoms with Crippen molar-refractivity contribution in [2.45, 2.75) is 104 Å². The monoisotopic (exact) mass is 292 g/mol. The summed E-state index contributed by atoms with van der Waals surface area (Å²) < 4.78 is 0. The van der Waals surface area contributed by atoms with Gasteiger partial charge in [-0.1, -0.05) is 74.1 Å². The number of aromatic nitrogens is 2. The fourth-order valence-corrected chi connectivity index (χ4v) is 3.05. The van der Waals surface area contributed by atoms with Crippen LogP contribution in [-0.2, 0) is 5.41 Å². The van der Waals surface area contributed by atoms with E-state index in [0.717, 1.165) is 0 Å². The van der Waals surface area contributed by atoms with Crippen LogP contribution in [0.5, 0.6) is 0 Å². The molecule has 0 saturated heterocycles. The molecule has 1 aromatic rings. The third-order valence-electron chi connectivity index (χ3n) is 4.57. The number of nitrogens with zero attached hydrogens (tertiary/aromatic N) is 1. The molecule has 0 amide bonds. The molecule has 1 aromatic heterocycles. The lowest BCUT2D eigenvalue weighted by molar-refractivity contribution is 0.427. The van der Waals surface area contributed by atoms with E-state index >= 15 is 0 Å². The summed E-state index contributed by atoms with van der Waals surface area (Å²) in [5, 5.41) is 0. The molecule has 1 unspecified atom stereocenters.